The zero-order chi connectivity index (χ0) is 19.3. The standard InChI is InChI=1S/C22H31N3O3/c26-18-9-7-17(8-10-18)24-14-2-11-22(21(24)28)12-3-15-25(22)20(27)19-4-1-13-23(19)16-5-6-16/h1,4,13,16-18,26H,2-3,5-12,14-15H2. The Bertz CT molecular complexity index is 763. The maximum atomic E-state index is 13.7. The van der Waals surface area contributed by atoms with Crippen LogP contribution in [0.2, 0.25) is 0 Å². The number of nitrogens with zero attached hydrogens (tertiary/aromatic N) is 3. The first kappa shape index (κ1) is 18.2. The third kappa shape index (κ3) is 2.88. The van der Waals surface area contributed by atoms with Gasteiger partial charge >= 0.3 is 0 Å². The molecule has 4 aliphatic rings. The zero-order valence-electron chi connectivity index (χ0n) is 16.6. The lowest BCUT2D eigenvalue weighted by molar-refractivity contribution is -0.149. The van der Waals surface area contributed by atoms with Gasteiger partial charge in [0.1, 0.15) is 11.2 Å². The van der Waals surface area contributed by atoms with Crippen molar-refractivity contribution in [2.45, 2.75) is 87.9 Å². The Hall–Kier alpha value is -1.82. The summed E-state index contributed by atoms with van der Waals surface area (Å²) in [6.45, 7) is 1.47. The molecule has 0 bridgehead atoms. The van der Waals surface area contributed by atoms with E-state index in [2.05, 4.69) is 9.47 Å². The number of amides is 2. The van der Waals surface area contributed by atoms with Crippen molar-refractivity contribution in [3.8, 4) is 0 Å². The minimum absolute atomic E-state index is 0.0312. The van der Waals surface area contributed by atoms with E-state index in [1.165, 1.54) is 0 Å². The van der Waals surface area contributed by atoms with Crippen molar-refractivity contribution in [3.63, 3.8) is 0 Å². The number of carbonyl (C=O) groups is 2. The van der Waals surface area contributed by atoms with Crippen molar-refractivity contribution in [1.29, 1.82) is 0 Å². The van der Waals surface area contributed by atoms with Crippen LogP contribution >= 0.6 is 0 Å². The highest BCUT2D eigenvalue weighted by molar-refractivity contribution is 5.99. The van der Waals surface area contributed by atoms with E-state index in [-0.39, 0.29) is 24.0 Å². The number of carbonyl (C=O) groups excluding carboxylic acids is 2. The Morgan fingerprint density at radius 3 is 2.39 bits per heavy atom. The minimum Gasteiger partial charge on any atom is -0.393 e. The average molecular weight is 386 g/mol. The first-order valence-electron chi connectivity index (χ1n) is 11.1. The number of likely N-dealkylation sites (tertiary alicyclic amines) is 2. The monoisotopic (exact) mass is 385 g/mol. The summed E-state index contributed by atoms with van der Waals surface area (Å²) in [4.78, 5) is 31.2. The summed E-state index contributed by atoms with van der Waals surface area (Å²) in [5.74, 6) is 0.194. The van der Waals surface area contributed by atoms with E-state index in [9.17, 15) is 14.7 Å². The molecule has 2 aliphatic heterocycles. The topological polar surface area (TPSA) is 65.8 Å². The Labute approximate surface area is 166 Å². The molecule has 6 nitrogen and oxygen atoms in total. The van der Waals surface area contributed by atoms with Gasteiger partial charge in [0.15, 0.2) is 0 Å². The highest BCUT2D eigenvalue weighted by Gasteiger charge is 2.54. The molecule has 1 aromatic heterocycles. The third-order valence-electron chi connectivity index (χ3n) is 7.43. The number of hydrogen-bond acceptors (Lipinski definition) is 3. The highest BCUT2D eigenvalue weighted by atomic mass is 16.3. The van der Waals surface area contributed by atoms with Crippen LogP contribution in [0.25, 0.3) is 0 Å². The van der Waals surface area contributed by atoms with Gasteiger partial charge in [-0.2, -0.15) is 0 Å². The van der Waals surface area contributed by atoms with E-state index in [0.717, 1.165) is 76.4 Å². The van der Waals surface area contributed by atoms with Gasteiger partial charge in [0.2, 0.25) is 5.91 Å². The van der Waals surface area contributed by atoms with Gasteiger partial charge in [-0.1, -0.05) is 0 Å². The second-order valence-electron chi connectivity index (χ2n) is 9.19. The van der Waals surface area contributed by atoms with E-state index < -0.39 is 5.54 Å². The van der Waals surface area contributed by atoms with Gasteiger partial charge in [0, 0.05) is 31.4 Å². The fourth-order valence-electron chi connectivity index (χ4n) is 5.78. The molecule has 2 aliphatic carbocycles. The molecule has 2 saturated heterocycles. The van der Waals surface area contributed by atoms with Gasteiger partial charge in [-0.3, -0.25) is 9.59 Å². The second kappa shape index (κ2) is 6.90. The first-order chi connectivity index (χ1) is 13.6. The maximum absolute atomic E-state index is 13.7. The predicted octanol–water partition coefficient (Wildman–Crippen LogP) is 2.72. The van der Waals surface area contributed by atoms with Crippen LogP contribution < -0.4 is 0 Å². The van der Waals surface area contributed by atoms with Crippen LogP contribution in [0.15, 0.2) is 18.3 Å². The van der Waals surface area contributed by atoms with Gasteiger partial charge in [0.05, 0.1) is 6.10 Å². The lowest BCUT2D eigenvalue weighted by Gasteiger charge is -2.48. The van der Waals surface area contributed by atoms with E-state index in [4.69, 9.17) is 0 Å². The largest absolute Gasteiger partial charge is 0.393 e. The molecule has 5 rings (SSSR count). The summed E-state index contributed by atoms with van der Waals surface area (Å²) in [5.41, 5.74) is 0.0961. The number of aromatic nitrogens is 1. The normalized spacial score (nSPS) is 33.7. The van der Waals surface area contributed by atoms with Gasteiger partial charge in [0.25, 0.3) is 5.91 Å². The first-order valence-corrected chi connectivity index (χ1v) is 11.1. The van der Waals surface area contributed by atoms with Crippen LogP contribution in [0, 0.1) is 0 Å². The van der Waals surface area contributed by atoms with E-state index >= 15 is 0 Å². The fourth-order valence-corrected chi connectivity index (χ4v) is 5.78. The third-order valence-corrected chi connectivity index (χ3v) is 7.43. The minimum atomic E-state index is -0.649. The molecule has 2 saturated carbocycles. The molecule has 1 N–H and O–H groups in total. The summed E-state index contributed by atoms with van der Waals surface area (Å²) >= 11 is 0. The molecule has 0 radical (unpaired) electrons. The number of aliphatic hydroxyl groups is 1. The van der Waals surface area contributed by atoms with E-state index in [1.54, 1.807) is 0 Å². The summed E-state index contributed by atoms with van der Waals surface area (Å²) in [6, 6.07) is 4.55. The molecule has 152 valence electrons. The zero-order valence-corrected chi connectivity index (χ0v) is 16.6. The molecule has 3 heterocycles. The molecule has 1 unspecified atom stereocenters. The molecule has 2 amide bonds. The summed E-state index contributed by atoms with van der Waals surface area (Å²) in [7, 11) is 0. The molecule has 1 spiro atoms. The smallest absolute Gasteiger partial charge is 0.271 e. The summed E-state index contributed by atoms with van der Waals surface area (Å²) in [6.07, 6.45) is 10.8. The quantitative estimate of drug-likeness (QED) is 0.870. The Kier molecular flexibility index (Phi) is 4.49. The maximum Gasteiger partial charge on any atom is 0.271 e. The number of piperidine rings is 1. The fraction of sp³-hybridized carbons (Fsp3) is 0.727. The number of hydrogen-bond donors (Lipinski definition) is 1. The molecular weight excluding hydrogens is 354 g/mol. The Morgan fingerprint density at radius 2 is 1.68 bits per heavy atom. The Morgan fingerprint density at radius 1 is 1.00 bits per heavy atom. The van der Waals surface area contributed by atoms with Crippen molar-refractivity contribution < 1.29 is 14.7 Å². The van der Waals surface area contributed by atoms with Crippen LogP contribution in [0.1, 0.15) is 80.7 Å². The summed E-state index contributed by atoms with van der Waals surface area (Å²) in [5, 5.41) is 9.83. The lowest BCUT2D eigenvalue weighted by atomic mass is 9.82. The second-order valence-corrected chi connectivity index (χ2v) is 9.19. The van der Waals surface area contributed by atoms with Crippen LogP contribution in [0.5, 0.6) is 0 Å². The molecule has 4 fully saturated rings. The van der Waals surface area contributed by atoms with Crippen LogP contribution in [0.3, 0.4) is 0 Å². The van der Waals surface area contributed by atoms with E-state index in [1.807, 2.05) is 23.2 Å². The average Bonchev–Trinajstić information content (AvgIpc) is 3.27. The lowest BCUT2D eigenvalue weighted by Crippen LogP contribution is -2.63. The Balaban J connectivity index is 1.40. The van der Waals surface area contributed by atoms with Crippen molar-refractivity contribution in [1.82, 2.24) is 14.4 Å². The predicted molar refractivity (Wildman–Crippen MR) is 105 cm³/mol. The van der Waals surface area contributed by atoms with Crippen molar-refractivity contribution >= 4 is 11.8 Å². The molecular formula is C22H31N3O3. The van der Waals surface area contributed by atoms with E-state index in [0.29, 0.717) is 12.6 Å². The van der Waals surface area contributed by atoms with Crippen molar-refractivity contribution in [2.75, 3.05) is 13.1 Å². The van der Waals surface area contributed by atoms with Crippen molar-refractivity contribution in [3.05, 3.63) is 24.0 Å². The molecule has 28 heavy (non-hydrogen) atoms. The van der Waals surface area contributed by atoms with Crippen LogP contribution in [-0.2, 0) is 4.79 Å². The van der Waals surface area contributed by atoms with Crippen molar-refractivity contribution in [2.24, 2.45) is 0 Å². The molecule has 6 heteroatoms. The van der Waals surface area contributed by atoms with Gasteiger partial charge in [-0.25, -0.2) is 0 Å². The number of aliphatic hydroxyl groups excluding tert-OH is 1. The van der Waals surface area contributed by atoms with Gasteiger partial charge in [-0.15, -0.1) is 0 Å². The molecule has 1 atom stereocenters. The van der Waals surface area contributed by atoms with Crippen LogP contribution in [0.4, 0.5) is 0 Å². The summed E-state index contributed by atoms with van der Waals surface area (Å²) < 4.78 is 2.11. The SMILES string of the molecule is O=C(c1cccn1C1CC1)N1CCCC12CCCN(C1CCC(O)CC1)C2=O. The molecule has 1 aromatic rings. The number of rotatable bonds is 3. The van der Waals surface area contributed by atoms with Gasteiger partial charge < -0.3 is 19.5 Å². The van der Waals surface area contributed by atoms with Gasteiger partial charge in [-0.05, 0) is 76.3 Å². The van der Waals surface area contributed by atoms with Crippen LogP contribution in [-0.4, -0.2) is 62.1 Å². The highest BCUT2D eigenvalue weighted by Crippen LogP contribution is 2.42. The molecule has 0 aromatic carbocycles.